The third-order valence-electron chi connectivity index (χ3n) is 5.98. The number of ether oxygens (including phenoxy) is 1. The summed E-state index contributed by atoms with van der Waals surface area (Å²) in [5.74, 6) is -2.64. The van der Waals surface area contributed by atoms with Crippen LogP contribution in [0.2, 0.25) is 0 Å². The summed E-state index contributed by atoms with van der Waals surface area (Å²) >= 11 is 0. The van der Waals surface area contributed by atoms with Crippen LogP contribution in [0.15, 0.2) is 54.6 Å². The lowest BCUT2D eigenvalue weighted by molar-refractivity contribution is -0.140. The average molecular weight is 482 g/mol. The summed E-state index contributed by atoms with van der Waals surface area (Å²) in [4.78, 5) is 50.5. The maximum Gasteiger partial charge on any atom is 0.407 e. The number of fused-ring (bicyclic) bond motifs is 1. The van der Waals surface area contributed by atoms with E-state index >= 15 is 0 Å². The number of carboxylic acids is 1. The Bertz CT molecular complexity index is 1060. The average Bonchev–Trinajstić information content (AvgIpc) is 3.25. The normalized spacial score (nSPS) is 16.1. The van der Waals surface area contributed by atoms with Crippen LogP contribution in [0.3, 0.4) is 0 Å². The minimum Gasteiger partial charge on any atom is -0.480 e. The van der Waals surface area contributed by atoms with Crippen molar-refractivity contribution in [2.24, 2.45) is 11.8 Å². The van der Waals surface area contributed by atoms with Gasteiger partial charge >= 0.3 is 12.1 Å². The van der Waals surface area contributed by atoms with Gasteiger partial charge in [0.05, 0.1) is 0 Å². The zero-order valence-corrected chi connectivity index (χ0v) is 19.9. The first-order valence-electron chi connectivity index (χ1n) is 11.6. The molecule has 1 aliphatic rings. The van der Waals surface area contributed by atoms with Gasteiger partial charge in [0.2, 0.25) is 11.8 Å². The molecule has 3 atom stereocenters. The number of nitrogens with one attached hydrogen (secondary N) is 2. The lowest BCUT2D eigenvalue weighted by atomic mass is 9.95. The number of benzene rings is 2. The topological polar surface area (TPSA) is 125 Å². The summed E-state index contributed by atoms with van der Waals surface area (Å²) < 4.78 is 5.11. The molecule has 3 amide bonds. The summed E-state index contributed by atoms with van der Waals surface area (Å²) in [5.41, 5.74) is 2.31. The molecule has 2 aromatic rings. The molecule has 9 nitrogen and oxygen atoms in total. The maximum absolute atomic E-state index is 13.1. The van der Waals surface area contributed by atoms with Crippen LogP contribution < -0.4 is 15.5 Å². The van der Waals surface area contributed by atoms with Crippen LogP contribution in [-0.2, 0) is 32.1 Å². The fourth-order valence-corrected chi connectivity index (χ4v) is 4.13. The fourth-order valence-electron chi connectivity index (χ4n) is 4.13. The SMILES string of the molecule is C[C@H](C[C@@H](C)C(=O)N1c2ccccc2C[C@H]1C(=O)O)C(=O)NCCNC(=O)OCc1ccccc1. The van der Waals surface area contributed by atoms with Gasteiger partial charge in [0.1, 0.15) is 12.6 Å². The van der Waals surface area contributed by atoms with E-state index in [1.165, 1.54) is 4.90 Å². The number of carbonyl (C=O) groups excluding carboxylic acids is 3. The Morgan fingerprint density at radius 1 is 0.971 bits per heavy atom. The molecule has 9 heteroatoms. The van der Waals surface area contributed by atoms with Crippen LogP contribution in [0.1, 0.15) is 31.4 Å². The summed E-state index contributed by atoms with van der Waals surface area (Å²) in [5, 5.41) is 14.9. The van der Waals surface area contributed by atoms with Crippen LogP contribution >= 0.6 is 0 Å². The number of carbonyl (C=O) groups is 4. The van der Waals surface area contributed by atoms with Gasteiger partial charge in [-0.1, -0.05) is 62.4 Å². The Morgan fingerprint density at radius 2 is 1.63 bits per heavy atom. The van der Waals surface area contributed by atoms with Crippen molar-refractivity contribution in [2.45, 2.75) is 39.3 Å². The zero-order valence-electron chi connectivity index (χ0n) is 19.9. The highest BCUT2D eigenvalue weighted by Crippen LogP contribution is 2.34. The van der Waals surface area contributed by atoms with Gasteiger partial charge in [0, 0.05) is 37.0 Å². The van der Waals surface area contributed by atoms with Gasteiger partial charge in [0.25, 0.3) is 0 Å². The molecule has 2 aromatic carbocycles. The smallest absolute Gasteiger partial charge is 0.407 e. The van der Waals surface area contributed by atoms with Gasteiger partial charge in [-0.3, -0.25) is 14.5 Å². The quantitative estimate of drug-likeness (QED) is 0.448. The number of para-hydroxylation sites is 1. The van der Waals surface area contributed by atoms with Crippen molar-refractivity contribution in [3.63, 3.8) is 0 Å². The van der Waals surface area contributed by atoms with E-state index in [0.717, 1.165) is 11.1 Å². The highest BCUT2D eigenvalue weighted by atomic mass is 16.5. The second-order valence-corrected chi connectivity index (χ2v) is 8.71. The number of hydrogen-bond acceptors (Lipinski definition) is 5. The van der Waals surface area contributed by atoms with Crippen LogP contribution in [0.4, 0.5) is 10.5 Å². The molecule has 0 fully saturated rings. The summed E-state index contributed by atoms with van der Waals surface area (Å²) in [7, 11) is 0. The van der Waals surface area contributed by atoms with Crippen molar-refractivity contribution in [2.75, 3.05) is 18.0 Å². The zero-order chi connectivity index (χ0) is 25.4. The molecule has 186 valence electrons. The molecule has 3 rings (SSSR count). The largest absolute Gasteiger partial charge is 0.480 e. The van der Waals surface area contributed by atoms with E-state index < -0.39 is 29.9 Å². The Balaban J connectivity index is 1.42. The van der Waals surface area contributed by atoms with Crippen molar-refractivity contribution in [3.8, 4) is 0 Å². The lowest BCUT2D eigenvalue weighted by Gasteiger charge is -2.27. The van der Waals surface area contributed by atoms with Gasteiger partial charge in [-0.25, -0.2) is 9.59 Å². The minimum atomic E-state index is -1.05. The highest BCUT2D eigenvalue weighted by Gasteiger charge is 2.40. The third kappa shape index (κ3) is 6.81. The number of nitrogens with zero attached hydrogens (tertiary/aromatic N) is 1. The van der Waals surface area contributed by atoms with Crippen molar-refractivity contribution in [1.82, 2.24) is 10.6 Å². The Morgan fingerprint density at radius 3 is 2.34 bits per heavy atom. The Hall–Kier alpha value is -3.88. The van der Waals surface area contributed by atoms with Gasteiger partial charge in [-0.15, -0.1) is 0 Å². The third-order valence-corrected chi connectivity index (χ3v) is 5.98. The molecule has 0 aromatic heterocycles. The number of rotatable bonds is 10. The Kier molecular flexibility index (Phi) is 8.83. The summed E-state index contributed by atoms with van der Waals surface area (Å²) in [6.45, 7) is 3.99. The molecule has 0 saturated heterocycles. The predicted octanol–water partition coefficient (Wildman–Crippen LogP) is 2.73. The molecular formula is C26H31N3O6. The van der Waals surface area contributed by atoms with Crippen molar-refractivity contribution >= 4 is 29.6 Å². The van der Waals surface area contributed by atoms with Crippen LogP contribution in [-0.4, -0.2) is 48.1 Å². The Labute approximate surface area is 204 Å². The number of aliphatic carboxylic acids is 1. The predicted molar refractivity (Wildman–Crippen MR) is 130 cm³/mol. The monoisotopic (exact) mass is 481 g/mol. The molecule has 0 saturated carbocycles. The van der Waals surface area contributed by atoms with Crippen LogP contribution in [0.25, 0.3) is 0 Å². The van der Waals surface area contributed by atoms with E-state index in [0.29, 0.717) is 5.69 Å². The highest BCUT2D eigenvalue weighted by molar-refractivity contribution is 6.03. The maximum atomic E-state index is 13.1. The van der Waals surface area contributed by atoms with Crippen molar-refractivity contribution in [3.05, 3.63) is 65.7 Å². The molecule has 0 spiro atoms. The number of anilines is 1. The second kappa shape index (κ2) is 12.0. The molecular weight excluding hydrogens is 450 g/mol. The van der Waals surface area contributed by atoms with Gasteiger partial charge in [-0.2, -0.15) is 0 Å². The molecule has 0 bridgehead atoms. The number of amides is 3. The first-order valence-corrected chi connectivity index (χ1v) is 11.6. The number of hydrogen-bond donors (Lipinski definition) is 3. The standard InChI is InChI=1S/C26H31N3O6/c1-17(23(30)27-12-13-28-26(34)35-16-19-8-4-3-5-9-19)14-18(2)24(31)29-21-11-7-6-10-20(21)15-22(29)25(32)33/h3-11,17-18,22H,12-16H2,1-2H3,(H,27,30)(H,28,34)(H,32,33)/t17-,18-,22+/m1/s1. The van der Waals surface area contributed by atoms with Crippen LogP contribution in [0, 0.1) is 11.8 Å². The number of carboxylic acid groups (broad SMARTS) is 1. The molecule has 1 heterocycles. The van der Waals surface area contributed by atoms with E-state index in [4.69, 9.17) is 4.74 Å². The van der Waals surface area contributed by atoms with E-state index in [-0.39, 0.29) is 44.4 Å². The van der Waals surface area contributed by atoms with E-state index in [2.05, 4.69) is 10.6 Å². The molecule has 35 heavy (non-hydrogen) atoms. The van der Waals surface area contributed by atoms with Crippen LogP contribution in [0.5, 0.6) is 0 Å². The minimum absolute atomic E-state index is 0.159. The fraction of sp³-hybridized carbons (Fsp3) is 0.385. The van der Waals surface area contributed by atoms with E-state index in [1.54, 1.807) is 26.0 Å². The lowest BCUT2D eigenvalue weighted by Crippen LogP contribution is -2.46. The molecule has 0 radical (unpaired) electrons. The second-order valence-electron chi connectivity index (χ2n) is 8.71. The van der Waals surface area contributed by atoms with Crippen molar-refractivity contribution < 1.29 is 29.0 Å². The molecule has 1 aliphatic heterocycles. The van der Waals surface area contributed by atoms with Gasteiger partial charge in [-0.05, 0) is 23.6 Å². The summed E-state index contributed by atoms with van der Waals surface area (Å²) in [6.07, 6.45) is -0.0440. The van der Waals surface area contributed by atoms with Gasteiger partial charge < -0.3 is 20.5 Å². The van der Waals surface area contributed by atoms with Crippen molar-refractivity contribution in [1.29, 1.82) is 0 Å². The first-order chi connectivity index (χ1) is 16.8. The van der Waals surface area contributed by atoms with E-state index in [9.17, 15) is 24.3 Å². The first kappa shape index (κ1) is 25.7. The number of alkyl carbamates (subject to hydrolysis) is 1. The molecule has 0 aliphatic carbocycles. The van der Waals surface area contributed by atoms with E-state index in [1.807, 2.05) is 42.5 Å². The van der Waals surface area contributed by atoms with Gasteiger partial charge in [0.15, 0.2) is 0 Å². The molecule has 3 N–H and O–H groups in total. The summed E-state index contributed by atoms with van der Waals surface area (Å²) in [6, 6.07) is 15.5. The molecule has 0 unspecified atom stereocenters.